The Morgan fingerprint density at radius 2 is 1.95 bits per heavy atom. The summed E-state index contributed by atoms with van der Waals surface area (Å²) in [6.45, 7) is 7.68. The summed E-state index contributed by atoms with van der Waals surface area (Å²) in [5, 5.41) is 2.50. The molecule has 0 aliphatic rings. The topological polar surface area (TPSA) is 16.8 Å². The molecule has 3 heteroatoms. The zero-order chi connectivity index (χ0) is 14.1. The largest absolute Gasteiger partial charge is 0.357 e. The first-order chi connectivity index (χ1) is 9.70. The van der Waals surface area contributed by atoms with Crippen LogP contribution < -0.4 is 4.57 Å². The van der Waals surface area contributed by atoms with E-state index in [1.165, 1.54) is 22.4 Å². The second-order valence-corrected chi connectivity index (χ2v) is 4.84. The summed E-state index contributed by atoms with van der Waals surface area (Å²) in [7, 11) is 1.97. The van der Waals surface area contributed by atoms with E-state index in [0.717, 1.165) is 11.3 Å². The third-order valence-corrected chi connectivity index (χ3v) is 3.58. The molecular formula is C18H15N2Y-. The van der Waals surface area contributed by atoms with Gasteiger partial charge in [-0.25, -0.2) is 0 Å². The molecule has 0 saturated carbocycles. The average molecular weight is 348 g/mol. The molecule has 0 atom stereocenters. The standard InChI is InChI=1S/C18H15N2.Y/c1-4-15-11-18(20(3)12-19-15)17-10-9-14-7-5-6-8-16(14)13(17)2;/h1,4-10,12H,2-3H3;/q-1;. The minimum absolute atomic E-state index is 0. The van der Waals surface area contributed by atoms with Crippen LogP contribution in [-0.4, -0.2) is 4.98 Å². The van der Waals surface area contributed by atoms with Crippen molar-refractivity contribution in [1.29, 1.82) is 0 Å². The van der Waals surface area contributed by atoms with Gasteiger partial charge in [0.15, 0.2) is 0 Å². The molecule has 101 valence electrons. The molecule has 0 aliphatic carbocycles. The van der Waals surface area contributed by atoms with E-state index in [9.17, 15) is 0 Å². The van der Waals surface area contributed by atoms with Crippen LogP contribution >= 0.6 is 0 Å². The minimum Gasteiger partial charge on any atom is -0.357 e. The minimum atomic E-state index is 0. The maximum atomic E-state index is 5.55. The molecule has 0 saturated heterocycles. The van der Waals surface area contributed by atoms with Crippen molar-refractivity contribution in [3.8, 4) is 11.3 Å². The summed E-state index contributed by atoms with van der Waals surface area (Å²) in [5.74, 6) is 0. The molecule has 1 heterocycles. The molecule has 0 bridgehead atoms. The van der Waals surface area contributed by atoms with Crippen LogP contribution in [0.4, 0.5) is 0 Å². The van der Waals surface area contributed by atoms with Crippen molar-refractivity contribution in [3.63, 3.8) is 0 Å². The number of aryl methyl sites for hydroxylation is 2. The van der Waals surface area contributed by atoms with Gasteiger partial charge in [0, 0.05) is 38.4 Å². The van der Waals surface area contributed by atoms with Crippen LogP contribution in [0.25, 0.3) is 28.1 Å². The number of benzene rings is 2. The molecule has 0 amide bonds. The van der Waals surface area contributed by atoms with Gasteiger partial charge in [-0.05, 0) is 17.7 Å². The Morgan fingerprint density at radius 3 is 2.71 bits per heavy atom. The molecule has 2 nitrogen and oxygen atoms in total. The molecule has 1 radical (unpaired) electrons. The Bertz CT molecular complexity index is 809. The average Bonchev–Trinajstić information content (AvgIpc) is 2.49. The van der Waals surface area contributed by atoms with E-state index >= 15 is 0 Å². The summed E-state index contributed by atoms with van der Waals surface area (Å²) in [6, 6.07) is 15.9. The summed E-state index contributed by atoms with van der Waals surface area (Å²) in [5.41, 5.74) is 4.03. The fraction of sp³-hybridized carbons (Fsp3) is 0.111. The van der Waals surface area contributed by atoms with Crippen molar-refractivity contribution >= 4 is 16.8 Å². The summed E-state index contributed by atoms with van der Waals surface area (Å²) in [4.78, 5) is 4.20. The Morgan fingerprint density at radius 1 is 1.19 bits per heavy atom. The van der Waals surface area contributed by atoms with Gasteiger partial charge in [0.1, 0.15) is 0 Å². The molecule has 2 aromatic carbocycles. The van der Waals surface area contributed by atoms with Gasteiger partial charge in [-0.3, -0.25) is 10.6 Å². The molecular weight excluding hydrogens is 333 g/mol. The second-order valence-electron chi connectivity index (χ2n) is 4.84. The Labute approximate surface area is 150 Å². The molecule has 0 fully saturated rings. The van der Waals surface area contributed by atoms with Crippen LogP contribution in [-0.2, 0) is 39.8 Å². The smallest absolute Gasteiger partial charge is 0.263 e. The molecule has 0 N–H and O–H groups in total. The Kier molecular flexibility index (Phi) is 5.02. The molecule has 1 aromatic heterocycles. The van der Waals surface area contributed by atoms with Crippen molar-refractivity contribution in [2.45, 2.75) is 6.92 Å². The number of aromatic nitrogens is 2. The fourth-order valence-electron chi connectivity index (χ4n) is 2.47. The third-order valence-electron chi connectivity index (χ3n) is 3.58. The van der Waals surface area contributed by atoms with Crippen LogP contribution in [0.1, 0.15) is 11.3 Å². The molecule has 3 rings (SSSR count). The van der Waals surface area contributed by atoms with Crippen LogP contribution in [0.2, 0.25) is 0 Å². The zero-order valence-corrected chi connectivity index (χ0v) is 15.0. The van der Waals surface area contributed by atoms with Crippen LogP contribution in [0.3, 0.4) is 0 Å². The van der Waals surface area contributed by atoms with Crippen molar-refractivity contribution in [3.05, 3.63) is 66.6 Å². The van der Waals surface area contributed by atoms with Crippen LogP contribution in [0.15, 0.2) is 42.7 Å². The first-order valence-electron chi connectivity index (χ1n) is 6.52. The van der Waals surface area contributed by atoms with Gasteiger partial charge in [-0.1, -0.05) is 47.2 Å². The first kappa shape index (κ1) is 16.0. The van der Waals surface area contributed by atoms with Crippen LogP contribution in [0.5, 0.6) is 0 Å². The summed E-state index contributed by atoms with van der Waals surface area (Å²) >= 11 is 0. The Hall–Kier alpha value is -1.38. The van der Waals surface area contributed by atoms with E-state index in [4.69, 9.17) is 6.58 Å². The van der Waals surface area contributed by atoms with Gasteiger partial charge < -0.3 is 6.58 Å². The molecule has 0 unspecified atom stereocenters. The van der Waals surface area contributed by atoms with E-state index in [1.807, 2.05) is 11.6 Å². The number of rotatable bonds is 2. The summed E-state index contributed by atoms with van der Waals surface area (Å²) in [6.07, 6.45) is 3.24. The molecule has 21 heavy (non-hydrogen) atoms. The monoisotopic (exact) mass is 348 g/mol. The quantitative estimate of drug-likeness (QED) is 0.513. The van der Waals surface area contributed by atoms with E-state index in [-0.39, 0.29) is 32.7 Å². The second kappa shape index (κ2) is 6.59. The maximum Gasteiger partial charge on any atom is 0.263 e. The van der Waals surface area contributed by atoms with Gasteiger partial charge in [0.05, 0.1) is 7.05 Å². The predicted octanol–water partition coefficient (Wildman–Crippen LogP) is 3.28. The third kappa shape index (κ3) is 2.97. The number of hydrogen-bond donors (Lipinski definition) is 0. The van der Waals surface area contributed by atoms with E-state index in [1.54, 1.807) is 6.33 Å². The van der Waals surface area contributed by atoms with Gasteiger partial charge in [-0.2, -0.15) is 11.1 Å². The molecule has 0 aliphatic heterocycles. The van der Waals surface area contributed by atoms with E-state index in [0.29, 0.717) is 5.69 Å². The van der Waals surface area contributed by atoms with Gasteiger partial charge in [0.25, 0.3) is 6.33 Å². The van der Waals surface area contributed by atoms with Gasteiger partial charge in [-0.15, -0.1) is 6.07 Å². The van der Waals surface area contributed by atoms with Crippen molar-refractivity contribution in [1.82, 2.24) is 4.98 Å². The zero-order valence-electron chi connectivity index (χ0n) is 12.2. The van der Waals surface area contributed by atoms with Crippen molar-refractivity contribution in [2.75, 3.05) is 0 Å². The predicted molar refractivity (Wildman–Crippen MR) is 80.7 cm³/mol. The maximum absolute atomic E-state index is 5.55. The molecule has 0 spiro atoms. The van der Waals surface area contributed by atoms with E-state index in [2.05, 4.69) is 54.4 Å². The van der Waals surface area contributed by atoms with Gasteiger partial charge >= 0.3 is 0 Å². The van der Waals surface area contributed by atoms with Crippen LogP contribution in [0, 0.1) is 19.6 Å². The summed E-state index contributed by atoms with van der Waals surface area (Å²) < 4.78 is 1.96. The first-order valence-corrected chi connectivity index (χ1v) is 6.52. The number of nitrogens with zero attached hydrogens (tertiary/aromatic N) is 2. The van der Waals surface area contributed by atoms with Gasteiger partial charge in [0.2, 0.25) is 0 Å². The Balaban J connectivity index is 0.00000161. The van der Waals surface area contributed by atoms with Crippen molar-refractivity contribution < 1.29 is 37.3 Å². The number of fused-ring (bicyclic) bond motifs is 1. The van der Waals surface area contributed by atoms with E-state index < -0.39 is 0 Å². The SMILES string of the molecule is [CH-]=Cc1[c-]c(-c2ccc3ccccc3c2C)[n+](C)cn1.[Y]. The number of hydrogen-bond acceptors (Lipinski definition) is 1. The fourth-order valence-corrected chi connectivity index (χ4v) is 2.47. The van der Waals surface area contributed by atoms with Crippen molar-refractivity contribution in [2.24, 2.45) is 7.05 Å². The molecule has 3 aromatic rings. The normalized spacial score (nSPS) is 10.2.